The van der Waals surface area contributed by atoms with Crippen LogP contribution >= 0.6 is 0 Å². The Kier molecular flexibility index (Phi) is 9.62. The van der Waals surface area contributed by atoms with E-state index in [2.05, 4.69) is 10.6 Å². The van der Waals surface area contributed by atoms with Crippen molar-refractivity contribution in [2.75, 3.05) is 24.6 Å². The molecule has 1 saturated carbocycles. The number of carbonyl (C=O) groups is 5. The fourth-order valence-electron chi connectivity index (χ4n) is 5.36. The quantitative estimate of drug-likeness (QED) is 0.256. The lowest BCUT2D eigenvalue weighted by Gasteiger charge is -2.32. The van der Waals surface area contributed by atoms with E-state index in [4.69, 9.17) is 5.11 Å². The number of nitrogens with zero attached hydrogens (tertiary/aromatic N) is 1. The Morgan fingerprint density at radius 3 is 2.46 bits per heavy atom. The SMILES string of the molecule is O=C(O)CN1C(=O)C(NC(=O)C2(CC(CC(=O)NCCCO)C(=O)O)CCCC2)CCc2ccccc21. The summed E-state index contributed by atoms with van der Waals surface area (Å²) in [6.45, 7) is -0.410. The van der Waals surface area contributed by atoms with Gasteiger partial charge in [-0.2, -0.15) is 0 Å². The second-order valence-corrected chi connectivity index (χ2v) is 9.87. The van der Waals surface area contributed by atoms with E-state index >= 15 is 0 Å². The molecule has 3 amide bonds. The maximum Gasteiger partial charge on any atom is 0.323 e. The predicted molar refractivity (Wildman–Crippen MR) is 133 cm³/mol. The molecule has 1 aromatic carbocycles. The van der Waals surface area contributed by atoms with Crippen LogP contribution in [0, 0.1) is 11.3 Å². The number of aliphatic hydroxyl groups is 1. The minimum absolute atomic E-state index is 0.0401. The number of amides is 3. The van der Waals surface area contributed by atoms with Crippen molar-refractivity contribution in [2.45, 2.75) is 63.8 Å². The van der Waals surface area contributed by atoms with Crippen molar-refractivity contribution in [1.82, 2.24) is 10.6 Å². The average Bonchev–Trinajstić information content (AvgIpc) is 3.30. The molecule has 2 aliphatic rings. The van der Waals surface area contributed by atoms with Crippen LogP contribution in [0.1, 0.15) is 56.9 Å². The number of aliphatic carboxylic acids is 2. The summed E-state index contributed by atoms with van der Waals surface area (Å²) in [5.74, 6) is -4.86. The number of fused-ring (bicyclic) bond motifs is 1. The summed E-state index contributed by atoms with van der Waals surface area (Å²) in [5, 5.41) is 33.5. The van der Waals surface area contributed by atoms with E-state index in [0.29, 0.717) is 31.4 Å². The lowest BCUT2D eigenvalue weighted by Crippen LogP contribution is -2.53. The molecule has 1 heterocycles. The van der Waals surface area contributed by atoms with Crippen LogP contribution in [0.2, 0.25) is 0 Å². The predicted octanol–water partition coefficient (Wildman–Crippen LogP) is 1.08. The first kappa shape index (κ1) is 28.1. The molecule has 2 unspecified atom stereocenters. The van der Waals surface area contributed by atoms with Crippen LogP contribution in [0.15, 0.2) is 24.3 Å². The van der Waals surface area contributed by atoms with Gasteiger partial charge in [0.05, 0.1) is 11.3 Å². The van der Waals surface area contributed by atoms with Crippen LogP contribution in [-0.2, 0) is 30.4 Å². The molecule has 202 valence electrons. The van der Waals surface area contributed by atoms with Crippen LogP contribution in [0.3, 0.4) is 0 Å². The van der Waals surface area contributed by atoms with E-state index in [-0.39, 0.29) is 32.4 Å². The molecular formula is C26H35N3O8. The number of nitrogens with one attached hydrogen (secondary N) is 2. The number of para-hydroxylation sites is 1. The number of aliphatic hydroxyl groups excluding tert-OH is 1. The van der Waals surface area contributed by atoms with Gasteiger partial charge in [-0.25, -0.2) is 0 Å². The highest BCUT2D eigenvalue weighted by molar-refractivity contribution is 6.03. The first-order chi connectivity index (χ1) is 17.7. The molecule has 1 aromatic rings. The third-order valence-corrected chi connectivity index (χ3v) is 7.27. The van der Waals surface area contributed by atoms with Crippen LogP contribution < -0.4 is 15.5 Å². The Bertz CT molecular complexity index is 1020. The normalized spacial score (nSPS) is 19.4. The first-order valence-corrected chi connectivity index (χ1v) is 12.7. The van der Waals surface area contributed by atoms with Gasteiger partial charge in [-0.3, -0.25) is 28.9 Å². The molecule has 11 nitrogen and oxygen atoms in total. The minimum atomic E-state index is -1.18. The lowest BCUT2D eigenvalue weighted by molar-refractivity contribution is -0.147. The van der Waals surface area contributed by atoms with Crippen molar-refractivity contribution in [1.29, 1.82) is 0 Å². The van der Waals surface area contributed by atoms with Gasteiger partial charge in [0.2, 0.25) is 17.7 Å². The van der Waals surface area contributed by atoms with Gasteiger partial charge in [-0.05, 0) is 50.2 Å². The Morgan fingerprint density at radius 1 is 1.11 bits per heavy atom. The van der Waals surface area contributed by atoms with Gasteiger partial charge in [0.15, 0.2) is 0 Å². The Hall–Kier alpha value is -3.47. The zero-order valence-corrected chi connectivity index (χ0v) is 20.8. The maximum atomic E-state index is 13.6. The van der Waals surface area contributed by atoms with Gasteiger partial charge in [0.1, 0.15) is 12.6 Å². The monoisotopic (exact) mass is 517 g/mol. The van der Waals surface area contributed by atoms with Crippen molar-refractivity contribution in [3.8, 4) is 0 Å². The van der Waals surface area contributed by atoms with E-state index in [1.165, 1.54) is 4.90 Å². The largest absolute Gasteiger partial charge is 0.481 e. The molecule has 0 aromatic heterocycles. The molecule has 3 rings (SSSR count). The molecule has 1 aliphatic carbocycles. The third kappa shape index (κ3) is 7.06. The first-order valence-electron chi connectivity index (χ1n) is 12.7. The fraction of sp³-hybridized carbons (Fsp3) is 0.577. The fourth-order valence-corrected chi connectivity index (χ4v) is 5.36. The minimum Gasteiger partial charge on any atom is -0.481 e. The molecule has 2 atom stereocenters. The smallest absolute Gasteiger partial charge is 0.323 e. The average molecular weight is 518 g/mol. The van der Waals surface area contributed by atoms with Gasteiger partial charge in [-0.1, -0.05) is 31.0 Å². The summed E-state index contributed by atoms with van der Waals surface area (Å²) in [7, 11) is 0. The summed E-state index contributed by atoms with van der Waals surface area (Å²) < 4.78 is 0. The Balaban J connectivity index is 1.77. The molecule has 0 radical (unpaired) electrons. The molecule has 1 aliphatic heterocycles. The van der Waals surface area contributed by atoms with E-state index < -0.39 is 53.6 Å². The highest BCUT2D eigenvalue weighted by atomic mass is 16.4. The standard InChI is InChI=1S/C26H35N3O8/c30-13-5-12-27-21(31)14-18(24(35)36)15-26(10-3-4-11-26)25(37)28-19-9-8-17-6-1-2-7-20(17)29(23(19)34)16-22(32)33/h1-2,6-7,18-19,30H,3-5,8-16H2,(H,27,31)(H,28,37)(H,32,33)(H,35,36). The summed E-state index contributed by atoms with van der Waals surface area (Å²) >= 11 is 0. The summed E-state index contributed by atoms with van der Waals surface area (Å²) in [6, 6.07) is 6.08. The number of carboxylic acid groups (broad SMARTS) is 2. The molecule has 11 heteroatoms. The number of benzene rings is 1. The van der Waals surface area contributed by atoms with Gasteiger partial charge in [0, 0.05) is 25.3 Å². The summed E-state index contributed by atoms with van der Waals surface area (Å²) in [4.78, 5) is 64.0. The number of aryl methyl sites for hydroxylation is 1. The Morgan fingerprint density at radius 2 is 1.81 bits per heavy atom. The van der Waals surface area contributed by atoms with Gasteiger partial charge in [-0.15, -0.1) is 0 Å². The van der Waals surface area contributed by atoms with E-state index in [9.17, 15) is 34.2 Å². The molecule has 37 heavy (non-hydrogen) atoms. The highest BCUT2D eigenvalue weighted by Gasteiger charge is 2.46. The number of anilines is 1. The van der Waals surface area contributed by atoms with Crippen molar-refractivity contribution >= 4 is 35.3 Å². The van der Waals surface area contributed by atoms with E-state index in [0.717, 1.165) is 18.4 Å². The number of rotatable bonds is 12. The number of carboxylic acids is 2. The lowest BCUT2D eigenvalue weighted by atomic mass is 9.75. The molecule has 0 spiro atoms. The maximum absolute atomic E-state index is 13.6. The van der Waals surface area contributed by atoms with Crippen molar-refractivity contribution in [3.63, 3.8) is 0 Å². The zero-order valence-electron chi connectivity index (χ0n) is 20.8. The molecule has 5 N–H and O–H groups in total. The molecule has 1 fully saturated rings. The second-order valence-electron chi connectivity index (χ2n) is 9.87. The topological polar surface area (TPSA) is 173 Å². The van der Waals surface area contributed by atoms with Gasteiger partial charge < -0.3 is 26.0 Å². The van der Waals surface area contributed by atoms with Gasteiger partial charge >= 0.3 is 11.9 Å². The summed E-state index contributed by atoms with van der Waals surface area (Å²) in [5.41, 5.74) is 0.272. The van der Waals surface area contributed by atoms with Crippen molar-refractivity contribution < 1.29 is 39.3 Å². The van der Waals surface area contributed by atoms with Crippen LogP contribution in [-0.4, -0.2) is 70.7 Å². The number of carbonyl (C=O) groups excluding carboxylic acids is 3. The zero-order chi connectivity index (χ0) is 27.0. The Labute approximate surface area is 215 Å². The number of hydrogen-bond donors (Lipinski definition) is 5. The second kappa shape index (κ2) is 12.7. The van der Waals surface area contributed by atoms with E-state index in [1.54, 1.807) is 18.2 Å². The summed E-state index contributed by atoms with van der Waals surface area (Å²) in [6.07, 6.45) is 3.08. The molecule has 0 saturated heterocycles. The third-order valence-electron chi connectivity index (χ3n) is 7.27. The van der Waals surface area contributed by atoms with Crippen molar-refractivity contribution in [2.24, 2.45) is 11.3 Å². The van der Waals surface area contributed by atoms with Crippen molar-refractivity contribution in [3.05, 3.63) is 29.8 Å². The van der Waals surface area contributed by atoms with E-state index in [1.807, 2.05) is 6.07 Å². The molecular weight excluding hydrogens is 482 g/mol. The van der Waals surface area contributed by atoms with Crippen LogP contribution in [0.4, 0.5) is 5.69 Å². The number of hydrogen-bond acceptors (Lipinski definition) is 6. The molecule has 0 bridgehead atoms. The van der Waals surface area contributed by atoms with Crippen LogP contribution in [0.5, 0.6) is 0 Å². The van der Waals surface area contributed by atoms with Crippen LogP contribution in [0.25, 0.3) is 0 Å². The highest BCUT2D eigenvalue weighted by Crippen LogP contribution is 2.44. The van der Waals surface area contributed by atoms with Gasteiger partial charge in [0.25, 0.3) is 0 Å².